The van der Waals surface area contributed by atoms with Crippen LogP contribution in [-0.4, -0.2) is 31.5 Å². The lowest BCUT2D eigenvalue weighted by Gasteiger charge is -2.22. The fraction of sp³-hybridized carbons (Fsp3) is 0.250. The molecule has 1 aliphatic heterocycles. The van der Waals surface area contributed by atoms with Crippen molar-refractivity contribution < 1.29 is 17.9 Å². The number of hydrogen-bond donors (Lipinski definition) is 0. The van der Waals surface area contributed by atoms with Gasteiger partial charge in [-0.05, 0) is 29.7 Å². The number of ether oxygens (including phenoxy) is 1. The molecule has 26 heavy (non-hydrogen) atoms. The lowest BCUT2D eigenvalue weighted by atomic mass is 10.0. The van der Waals surface area contributed by atoms with Gasteiger partial charge in [-0.25, -0.2) is 12.7 Å². The number of rotatable bonds is 6. The average Bonchev–Trinajstić information content (AvgIpc) is 3.03. The van der Waals surface area contributed by atoms with E-state index in [1.54, 1.807) is 6.92 Å². The van der Waals surface area contributed by atoms with Gasteiger partial charge in [0.2, 0.25) is 5.91 Å². The van der Waals surface area contributed by atoms with Gasteiger partial charge in [0.15, 0.2) is 0 Å². The summed E-state index contributed by atoms with van der Waals surface area (Å²) in [4.78, 5) is 12.0. The van der Waals surface area contributed by atoms with Gasteiger partial charge in [0.25, 0.3) is 10.0 Å². The molecule has 0 N–H and O–H groups in total. The summed E-state index contributed by atoms with van der Waals surface area (Å²) in [5, 5.41) is 1.07. The van der Waals surface area contributed by atoms with Crippen LogP contribution in [0.4, 0.5) is 0 Å². The van der Waals surface area contributed by atoms with Crippen LogP contribution >= 0.6 is 0 Å². The highest BCUT2D eigenvalue weighted by molar-refractivity contribution is 7.92. The average molecular weight is 371 g/mol. The van der Waals surface area contributed by atoms with Crippen LogP contribution in [0.1, 0.15) is 25.3 Å². The Balaban J connectivity index is 1.77. The van der Waals surface area contributed by atoms with Crippen LogP contribution in [0.25, 0.3) is 17.2 Å². The van der Waals surface area contributed by atoms with E-state index in [2.05, 4.69) is 0 Å². The number of sulfonamides is 1. The molecule has 0 radical (unpaired) electrons. The lowest BCUT2D eigenvalue weighted by molar-refractivity contribution is -0.128. The summed E-state index contributed by atoms with van der Waals surface area (Å²) in [6.07, 6.45) is 1.37. The van der Waals surface area contributed by atoms with Gasteiger partial charge < -0.3 is 4.74 Å². The van der Waals surface area contributed by atoms with Gasteiger partial charge in [-0.15, -0.1) is 0 Å². The van der Waals surface area contributed by atoms with Crippen molar-refractivity contribution in [3.05, 3.63) is 65.6 Å². The second-order valence-corrected chi connectivity index (χ2v) is 7.67. The van der Waals surface area contributed by atoms with Crippen molar-refractivity contribution in [3.63, 3.8) is 0 Å². The number of hydrogen-bond acceptors (Lipinski definition) is 4. The van der Waals surface area contributed by atoms with E-state index in [1.807, 2.05) is 54.6 Å². The zero-order chi connectivity index (χ0) is 18.6. The third kappa shape index (κ3) is 4.03. The quantitative estimate of drug-likeness (QED) is 0.778. The van der Waals surface area contributed by atoms with Crippen molar-refractivity contribution in [2.45, 2.75) is 26.0 Å². The summed E-state index contributed by atoms with van der Waals surface area (Å²) in [6, 6.07) is 17.5. The molecule has 1 saturated heterocycles. The molecule has 5 nitrogen and oxygen atoms in total. The first kappa shape index (κ1) is 18.4. The van der Waals surface area contributed by atoms with Crippen LogP contribution in [0.3, 0.4) is 0 Å². The topological polar surface area (TPSA) is 63.7 Å². The Bertz CT molecular complexity index is 889. The zero-order valence-corrected chi connectivity index (χ0v) is 15.4. The largest absolute Gasteiger partial charge is 0.357 e. The molecular weight excluding hydrogens is 350 g/mol. The van der Waals surface area contributed by atoms with Gasteiger partial charge in [-0.3, -0.25) is 4.79 Å². The maximum Gasteiger partial charge on any atom is 0.261 e. The van der Waals surface area contributed by atoms with Crippen LogP contribution in [-0.2, 0) is 19.6 Å². The summed E-state index contributed by atoms with van der Waals surface area (Å²) in [5.41, 5.74) is 2.89. The molecule has 0 saturated carbocycles. The second kappa shape index (κ2) is 7.85. The van der Waals surface area contributed by atoms with Gasteiger partial charge in [-0.2, -0.15) is 0 Å². The monoisotopic (exact) mass is 371 g/mol. The minimum absolute atomic E-state index is 0.184. The molecule has 136 valence electrons. The SMILES string of the molecule is CCOC1CCC(=O)N1S(=O)(=O)C=Cc1ccc(-c2ccccc2)cc1. The molecule has 1 unspecified atom stereocenters. The molecule has 1 aliphatic rings. The summed E-state index contributed by atoms with van der Waals surface area (Å²) in [5.74, 6) is -0.424. The first-order valence-corrected chi connectivity index (χ1v) is 10.0. The van der Waals surface area contributed by atoms with Gasteiger partial charge in [0.1, 0.15) is 6.23 Å². The van der Waals surface area contributed by atoms with E-state index < -0.39 is 22.2 Å². The lowest BCUT2D eigenvalue weighted by Crippen LogP contribution is -2.38. The highest BCUT2D eigenvalue weighted by atomic mass is 32.2. The number of carbonyl (C=O) groups excluding carboxylic acids is 1. The highest BCUT2D eigenvalue weighted by Crippen LogP contribution is 2.25. The predicted octanol–water partition coefficient (Wildman–Crippen LogP) is 3.64. The number of carbonyl (C=O) groups is 1. The first-order chi connectivity index (χ1) is 12.5. The van der Waals surface area contributed by atoms with E-state index in [0.717, 1.165) is 26.4 Å². The summed E-state index contributed by atoms with van der Waals surface area (Å²) >= 11 is 0. The number of nitrogens with zero attached hydrogens (tertiary/aromatic N) is 1. The van der Waals surface area contributed by atoms with Crippen molar-refractivity contribution >= 4 is 22.0 Å². The van der Waals surface area contributed by atoms with Gasteiger partial charge in [0.05, 0.1) is 5.41 Å². The third-order valence-corrected chi connectivity index (χ3v) is 5.66. The molecule has 3 rings (SSSR count). The van der Waals surface area contributed by atoms with Crippen molar-refractivity contribution in [3.8, 4) is 11.1 Å². The zero-order valence-electron chi connectivity index (χ0n) is 14.5. The maximum atomic E-state index is 12.5. The summed E-state index contributed by atoms with van der Waals surface area (Å²) in [7, 11) is -3.86. The Morgan fingerprint density at radius 2 is 1.73 bits per heavy atom. The Labute approximate surface area is 154 Å². The van der Waals surface area contributed by atoms with Crippen molar-refractivity contribution in [1.82, 2.24) is 4.31 Å². The van der Waals surface area contributed by atoms with E-state index in [-0.39, 0.29) is 6.42 Å². The fourth-order valence-corrected chi connectivity index (χ4v) is 4.26. The Kier molecular flexibility index (Phi) is 5.54. The molecule has 1 heterocycles. The minimum Gasteiger partial charge on any atom is -0.357 e. The molecule has 0 bridgehead atoms. The van der Waals surface area contributed by atoms with Crippen molar-refractivity contribution in [1.29, 1.82) is 0 Å². The van der Waals surface area contributed by atoms with Gasteiger partial charge in [-0.1, -0.05) is 54.6 Å². The van der Waals surface area contributed by atoms with E-state index in [4.69, 9.17) is 4.74 Å². The number of benzene rings is 2. The normalized spacial score (nSPS) is 18.0. The standard InChI is InChI=1S/C20H21NO4S/c1-2-25-20-13-12-19(22)21(20)26(23,24)15-14-16-8-10-18(11-9-16)17-6-4-3-5-7-17/h3-11,14-15,20H,2,12-13H2,1H3. The molecule has 0 aliphatic carbocycles. The van der Waals surface area contributed by atoms with E-state index >= 15 is 0 Å². The summed E-state index contributed by atoms with van der Waals surface area (Å²) in [6.45, 7) is 2.13. The van der Waals surface area contributed by atoms with Crippen LogP contribution in [0.2, 0.25) is 0 Å². The molecule has 0 spiro atoms. The highest BCUT2D eigenvalue weighted by Gasteiger charge is 2.38. The molecular formula is C20H21NO4S. The van der Waals surface area contributed by atoms with Crippen LogP contribution in [0.15, 0.2) is 60.0 Å². The molecule has 1 atom stereocenters. The molecule has 6 heteroatoms. The van der Waals surface area contributed by atoms with Crippen LogP contribution in [0, 0.1) is 0 Å². The Hall–Kier alpha value is -2.44. The van der Waals surface area contributed by atoms with Gasteiger partial charge >= 0.3 is 0 Å². The smallest absolute Gasteiger partial charge is 0.261 e. The first-order valence-electron chi connectivity index (χ1n) is 8.53. The van der Waals surface area contributed by atoms with Crippen molar-refractivity contribution in [2.24, 2.45) is 0 Å². The van der Waals surface area contributed by atoms with Gasteiger partial charge in [0, 0.05) is 19.4 Å². The molecule has 2 aromatic rings. The third-order valence-electron chi connectivity index (χ3n) is 4.20. The molecule has 1 fully saturated rings. The molecule has 1 amide bonds. The van der Waals surface area contributed by atoms with Crippen LogP contribution in [0.5, 0.6) is 0 Å². The van der Waals surface area contributed by atoms with Crippen LogP contribution < -0.4 is 0 Å². The molecule has 0 aromatic heterocycles. The Morgan fingerprint density at radius 1 is 1.08 bits per heavy atom. The fourth-order valence-electron chi connectivity index (χ4n) is 2.93. The predicted molar refractivity (Wildman–Crippen MR) is 101 cm³/mol. The summed E-state index contributed by atoms with van der Waals surface area (Å²) < 4.78 is 31.3. The number of amides is 1. The van der Waals surface area contributed by atoms with E-state index in [9.17, 15) is 13.2 Å². The molecule has 2 aromatic carbocycles. The minimum atomic E-state index is -3.86. The second-order valence-electron chi connectivity index (χ2n) is 5.97. The van der Waals surface area contributed by atoms with E-state index in [1.165, 1.54) is 6.08 Å². The van der Waals surface area contributed by atoms with E-state index in [0.29, 0.717) is 13.0 Å². The maximum absolute atomic E-state index is 12.5. The van der Waals surface area contributed by atoms with Crippen molar-refractivity contribution in [2.75, 3.05) is 6.61 Å². The Morgan fingerprint density at radius 3 is 2.38 bits per heavy atom.